The average molecular weight is 204 g/mol. The molecule has 0 aliphatic heterocycles. The summed E-state index contributed by atoms with van der Waals surface area (Å²) in [6.07, 6.45) is 2.78. The van der Waals surface area contributed by atoms with Crippen LogP contribution in [0.15, 0.2) is 30.3 Å². The first-order chi connectivity index (χ1) is 7.18. The van der Waals surface area contributed by atoms with Gasteiger partial charge in [-0.3, -0.25) is 0 Å². The molecule has 1 unspecified atom stereocenters. The van der Waals surface area contributed by atoms with Gasteiger partial charge in [0.2, 0.25) is 0 Å². The predicted molar refractivity (Wildman–Crippen MR) is 63.6 cm³/mol. The first-order valence-corrected chi connectivity index (χ1v) is 5.73. The highest BCUT2D eigenvalue weighted by molar-refractivity contribution is 5.23. The van der Waals surface area contributed by atoms with E-state index in [4.69, 9.17) is 5.73 Å². The average Bonchev–Trinajstić information content (AvgIpc) is 3.03. The Hall–Kier alpha value is -0.860. The molecule has 1 aromatic rings. The highest BCUT2D eigenvalue weighted by atomic mass is 14.9. The van der Waals surface area contributed by atoms with Crippen LogP contribution in [0, 0.1) is 5.92 Å². The highest BCUT2D eigenvalue weighted by Gasteiger charge is 2.24. The molecule has 0 amide bonds. The van der Waals surface area contributed by atoms with Crippen molar-refractivity contribution in [1.82, 2.24) is 5.32 Å². The zero-order chi connectivity index (χ0) is 10.7. The van der Waals surface area contributed by atoms with Crippen molar-refractivity contribution in [2.75, 3.05) is 13.1 Å². The molecule has 1 atom stereocenters. The third-order valence-electron chi connectivity index (χ3n) is 3.06. The third kappa shape index (κ3) is 3.05. The molecule has 1 aliphatic carbocycles. The highest BCUT2D eigenvalue weighted by Crippen LogP contribution is 2.27. The number of rotatable bonds is 5. The molecule has 82 valence electrons. The van der Waals surface area contributed by atoms with Crippen molar-refractivity contribution in [1.29, 1.82) is 0 Å². The summed E-state index contributed by atoms with van der Waals surface area (Å²) < 4.78 is 0. The van der Waals surface area contributed by atoms with Gasteiger partial charge in [0.25, 0.3) is 0 Å². The monoisotopic (exact) mass is 204 g/mol. The number of hydrogen-bond donors (Lipinski definition) is 2. The second-order valence-corrected chi connectivity index (χ2v) is 4.86. The molecular formula is C13H20N2. The molecule has 0 saturated heterocycles. The summed E-state index contributed by atoms with van der Waals surface area (Å²) in [6, 6.07) is 10.3. The minimum absolute atomic E-state index is 0.254. The second kappa shape index (κ2) is 4.33. The van der Waals surface area contributed by atoms with Crippen molar-refractivity contribution < 1.29 is 0 Å². The lowest BCUT2D eigenvalue weighted by Gasteiger charge is -2.25. The molecule has 2 rings (SSSR count). The molecule has 15 heavy (non-hydrogen) atoms. The minimum atomic E-state index is -0.254. The van der Waals surface area contributed by atoms with Crippen LogP contribution >= 0.6 is 0 Å². The Morgan fingerprint density at radius 3 is 2.60 bits per heavy atom. The Balaban J connectivity index is 1.87. The van der Waals surface area contributed by atoms with Crippen LogP contribution in [0.25, 0.3) is 0 Å². The van der Waals surface area contributed by atoms with E-state index in [9.17, 15) is 0 Å². The Kier molecular flexibility index (Phi) is 3.08. The molecule has 0 spiro atoms. The van der Waals surface area contributed by atoms with E-state index in [0.29, 0.717) is 0 Å². The lowest BCUT2D eigenvalue weighted by molar-refractivity contribution is 0.441. The molecule has 3 N–H and O–H groups in total. The van der Waals surface area contributed by atoms with E-state index in [1.807, 2.05) is 18.2 Å². The van der Waals surface area contributed by atoms with Crippen LogP contribution in [0.4, 0.5) is 0 Å². The van der Waals surface area contributed by atoms with Crippen LogP contribution in [0.1, 0.15) is 25.3 Å². The maximum absolute atomic E-state index is 6.28. The Bertz CT molecular complexity index is 302. The van der Waals surface area contributed by atoms with Crippen LogP contribution in [0.5, 0.6) is 0 Å². The largest absolute Gasteiger partial charge is 0.321 e. The van der Waals surface area contributed by atoms with Crippen molar-refractivity contribution in [3.05, 3.63) is 35.9 Å². The van der Waals surface area contributed by atoms with Crippen LogP contribution in [0.3, 0.4) is 0 Å². The van der Waals surface area contributed by atoms with E-state index in [1.165, 1.54) is 18.4 Å². The molecule has 2 heteroatoms. The topological polar surface area (TPSA) is 38.0 Å². The quantitative estimate of drug-likeness (QED) is 0.768. The maximum Gasteiger partial charge on any atom is 0.0507 e. The summed E-state index contributed by atoms with van der Waals surface area (Å²) in [7, 11) is 0. The fraction of sp³-hybridized carbons (Fsp3) is 0.538. The molecular weight excluding hydrogens is 184 g/mol. The zero-order valence-electron chi connectivity index (χ0n) is 9.37. The van der Waals surface area contributed by atoms with Gasteiger partial charge in [-0.1, -0.05) is 30.3 Å². The van der Waals surface area contributed by atoms with E-state index in [2.05, 4.69) is 24.4 Å². The Morgan fingerprint density at radius 1 is 1.33 bits per heavy atom. The van der Waals surface area contributed by atoms with Crippen molar-refractivity contribution in [2.24, 2.45) is 11.7 Å². The van der Waals surface area contributed by atoms with E-state index in [0.717, 1.165) is 19.0 Å². The first kappa shape index (κ1) is 10.7. The summed E-state index contributed by atoms with van der Waals surface area (Å²) in [5, 5.41) is 3.46. The minimum Gasteiger partial charge on any atom is -0.321 e. The number of benzene rings is 1. The fourth-order valence-corrected chi connectivity index (χ4v) is 1.78. The summed E-state index contributed by atoms with van der Waals surface area (Å²) in [5.74, 6) is 0.913. The smallest absolute Gasteiger partial charge is 0.0507 e. The van der Waals surface area contributed by atoms with Crippen LogP contribution < -0.4 is 11.1 Å². The van der Waals surface area contributed by atoms with Crippen LogP contribution in [-0.2, 0) is 5.54 Å². The second-order valence-electron chi connectivity index (χ2n) is 4.86. The lowest BCUT2D eigenvalue weighted by atomic mass is 9.93. The van der Waals surface area contributed by atoms with E-state index >= 15 is 0 Å². The molecule has 1 saturated carbocycles. The Morgan fingerprint density at radius 2 is 2.00 bits per heavy atom. The molecule has 1 aliphatic rings. The molecule has 0 radical (unpaired) electrons. The van der Waals surface area contributed by atoms with Gasteiger partial charge in [-0.15, -0.1) is 0 Å². The Labute approximate surface area is 91.9 Å². The standard InChI is InChI=1S/C13H20N2/c1-13(14,10-15-9-11-7-8-11)12-5-3-2-4-6-12/h2-6,11,15H,7-10,14H2,1H3. The van der Waals surface area contributed by atoms with Gasteiger partial charge in [0, 0.05) is 6.54 Å². The molecule has 1 fully saturated rings. The zero-order valence-corrected chi connectivity index (χ0v) is 9.37. The van der Waals surface area contributed by atoms with Gasteiger partial charge < -0.3 is 11.1 Å². The van der Waals surface area contributed by atoms with Crippen LogP contribution in [0.2, 0.25) is 0 Å². The predicted octanol–water partition coefficient (Wildman–Crippen LogP) is 1.86. The van der Waals surface area contributed by atoms with Gasteiger partial charge in [0.05, 0.1) is 5.54 Å². The molecule has 2 nitrogen and oxygen atoms in total. The molecule has 0 heterocycles. The van der Waals surface area contributed by atoms with Crippen molar-refractivity contribution in [2.45, 2.75) is 25.3 Å². The van der Waals surface area contributed by atoms with Gasteiger partial charge in [-0.25, -0.2) is 0 Å². The normalized spacial score (nSPS) is 19.9. The van der Waals surface area contributed by atoms with Gasteiger partial charge in [0.15, 0.2) is 0 Å². The van der Waals surface area contributed by atoms with Gasteiger partial charge >= 0.3 is 0 Å². The lowest BCUT2D eigenvalue weighted by Crippen LogP contribution is -2.43. The van der Waals surface area contributed by atoms with Crippen molar-refractivity contribution in [3.63, 3.8) is 0 Å². The van der Waals surface area contributed by atoms with Crippen LogP contribution in [-0.4, -0.2) is 13.1 Å². The fourth-order valence-electron chi connectivity index (χ4n) is 1.78. The van der Waals surface area contributed by atoms with Crippen molar-refractivity contribution in [3.8, 4) is 0 Å². The molecule has 1 aromatic carbocycles. The van der Waals surface area contributed by atoms with Gasteiger partial charge in [0.1, 0.15) is 0 Å². The summed E-state index contributed by atoms with van der Waals surface area (Å²) in [6.45, 7) is 4.06. The number of nitrogens with two attached hydrogens (primary N) is 1. The number of hydrogen-bond acceptors (Lipinski definition) is 2. The molecule has 0 bridgehead atoms. The van der Waals surface area contributed by atoms with E-state index in [1.54, 1.807) is 0 Å². The summed E-state index contributed by atoms with van der Waals surface area (Å²) in [4.78, 5) is 0. The van der Waals surface area contributed by atoms with Gasteiger partial charge in [-0.05, 0) is 37.8 Å². The first-order valence-electron chi connectivity index (χ1n) is 5.73. The van der Waals surface area contributed by atoms with E-state index in [-0.39, 0.29) is 5.54 Å². The van der Waals surface area contributed by atoms with Crippen molar-refractivity contribution >= 4 is 0 Å². The molecule has 0 aromatic heterocycles. The van der Waals surface area contributed by atoms with E-state index < -0.39 is 0 Å². The maximum atomic E-state index is 6.28. The summed E-state index contributed by atoms with van der Waals surface area (Å²) >= 11 is 0. The third-order valence-corrected chi connectivity index (χ3v) is 3.06. The number of nitrogens with one attached hydrogen (secondary N) is 1. The van der Waals surface area contributed by atoms with Gasteiger partial charge in [-0.2, -0.15) is 0 Å². The SMILES string of the molecule is CC(N)(CNCC1CC1)c1ccccc1. The summed E-state index contributed by atoms with van der Waals surface area (Å²) in [5.41, 5.74) is 7.23.